The Kier molecular flexibility index (Phi) is 3.97. The molecule has 1 atom stereocenters. The summed E-state index contributed by atoms with van der Waals surface area (Å²) < 4.78 is 1.89. The van der Waals surface area contributed by atoms with Crippen LogP contribution in [0.4, 0.5) is 0 Å². The highest BCUT2D eigenvalue weighted by Gasteiger charge is 2.32. The molecule has 1 saturated heterocycles. The van der Waals surface area contributed by atoms with Crippen molar-refractivity contribution in [3.63, 3.8) is 0 Å². The molecule has 0 saturated carbocycles. The zero-order valence-corrected chi connectivity index (χ0v) is 13.9. The summed E-state index contributed by atoms with van der Waals surface area (Å²) in [5.41, 5.74) is 1.46. The lowest BCUT2D eigenvalue weighted by molar-refractivity contribution is 0.0732. The van der Waals surface area contributed by atoms with Gasteiger partial charge in [0, 0.05) is 36.9 Å². The van der Waals surface area contributed by atoms with Gasteiger partial charge in [-0.2, -0.15) is 0 Å². The van der Waals surface area contributed by atoms with Crippen LogP contribution in [0.1, 0.15) is 40.8 Å². The molecule has 1 unspecified atom stereocenters. The van der Waals surface area contributed by atoms with E-state index in [0.29, 0.717) is 5.56 Å². The third-order valence-corrected chi connectivity index (χ3v) is 4.50. The molecule has 3 aromatic rings. The highest BCUT2D eigenvalue weighted by atomic mass is 16.2. The molecule has 126 valence electrons. The number of rotatable bonds is 3. The van der Waals surface area contributed by atoms with Crippen molar-refractivity contribution < 1.29 is 4.79 Å². The maximum Gasteiger partial charge on any atom is 0.254 e. The lowest BCUT2D eigenvalue weighted by atomic mass is 10.1. The molecule has 25 heavy (non-hydrogen) atoms. The van der Waals surface area contributed by atoms with Gasteiger partial charge in [-0.1, -0.05) is 0 Å². The second-order valence-electron chi connectivity index (χ2n) is 6.04. The Bertz CT molecular complexity index is 891. The van der Waals surface area contributed by atoms with E-state index < -0.39 is 0 Å². The average molecular weight is 334 g/mol. The number of aromatic nitrogens is 5. The molecule has 7 nitrogen and oxygen atoms in total. The summed E-state index contributed by atoms with van der Waals surface area (Å²) in [6, 6.07) is 3.43. The zero-order chi connectivity index (χ0) is 17.2. The number of hydrogen-bond donors (Lipinski definition) is 0. The van der Waals surface area contributed by atoms with Crippen molar-refractivity contribution in [3.05, 3.63) is 66.4 Å². The average Bonchev–Trinajstić information content (AvgIpc) is 3.31. The Morgan fingerprint density at radius 2 is 2.00 bits per heavy atom. The molecule has 0 spiro atoms. The van der Waals surface area contributed by atoms with Crippen molar-refractivity contribution in [2.24, 2.45) is 0 Å². The summed E-state index contributed by atoms with van der Waals surface area (Å²) in [6.07, 6.45) is 12.2. The van der Waals surface area contributed by atoms with Gasteiger partial charge in [0.1, 0.15) is 5.82 Å². The van der Waals surface area contributed by atoms with Crippen molar-refractivity contribution in [3.8, 4) is 5.82 Å². The number of hydrogen-bond acceptors (Lipinski definition) is 5. The van der Waals surface area contributed by atoms with Gasteiger partial charge in [-0.3, -0.25) is 19.3 Å². The van der Waals surface area contributed by atoms with Crippen LogP contribution in [0.5, 0.6) is 0 Å². The second kappa shape index (κ2) is 6.43. The Labute approximate surface area is 145 Å². The minimum atomic E-state index is -0.0584. The van der Waals surface area contributed by atoms with Crippen LogP contribution in [-0.4, -0.2) is 41.9 Å². The Balaban J connectivity index is 1.65. The van der Waals surface area contributed by atoms with Gasteiger partial charge < -0.3 is 4.90 Å². The van der Waals surface area contributed by atoms with Crippen molar-refractivity contribution in [2.75, 3.05) is 6.54 Å². The third kappa shape index (κ3) is 2.88. The van der Waals surface area contributed by atoms with Gasteiger partial charge in [0.05, 0.1) is 24.1 Å². The minimum absolute atomic E-state index is 0.0101. The molecule has 4 rings (SSSR count). The van der Waals surface area contributed by atoms with E-state index in [1.807, 2.05) is 22.6 Å². The van der Waals surface area contributed by atoms with Crippen LogP contribution in [-0.2, 0) is 0 Å². The SMILES string of the molecule is Cc1nccn1-c1cncc(C2CCCN2C(=O)c2ccncc2)n1. The molecule has 4 heterocycles. The summed E-state index contributed by atoms with van der Waals surface area (Å²) in [7, 11) is 0. The second-order valence-corrected chi connectivity index (χ2v) is 6.04. The van der Waals surface area contributed by atoms with E-state index in [1.165, 1.54) is 0 Å². The van der Waals surface area contributed by atoms with Crippen molar-refractivity contribution in [1.29, 1.82) is 0 Å². The predicted octanol–water partition coefficient (Wildman–Crippen LogP) is 2.34. The normalized spacial score (nSPS) is 17.0. The van der Waals surface area contributed by atoms with Crippen molar-refractivity contribution >= 4 is 5.91 Å². The molecular formula is C18H18N6O. The highest BCUT2D eigenvalue weighted by molar-refractivity contribution is 5.94. The summed E-state index contributed by atoms with van der Waals surface area (Å²) in [5, 5.41) is 0. The fourth-order valence-corrected chi connectivity index (χ4v) is 3.24. The maximum absolute atomic E-state index is 12.8. The zero-order valence-electron chi connectivity index (χ0n) is 13.9. The number of nitrogens with zero attached hydrogens (tertiary/aromatic N) is 6. The van der Waals surface area contributed by atoms with E-state index in [0.717, 1.165) is 36.7 Å². The maximum atomic E-state index is 12.8. The molecule has 1 fully saturated rings. The Hall–Kier alpha value is -3.09. The molecular weight excluding hydrogens is 316 g/mol. The summed E-state index contributed by atoms with van der Waals surface area (Å²) >= 11 is 0. The van der Waals surface area contributed by atoms with E-state index in [2.05, 4.69) is 15.0 Å². The van der Waals surface area contributed by atoms with Crippen LogP contribution in [0, 0.1) is 6.92 Å². The van der Waals surface area contributed by atoms with Gasteiger partial charge in [-0.15, -0.1) is 0 Å². The first-order valence-corrected chi connectivity index (χ1v) is 8.27. The van der Waals surface area contributed by atoms with Gasteiger partial charge in [0.15, 0.2) is 5.82 Å². The topological polar surface area (TPSA) is 76.8 Å². The molecule has 3 aromatic heterocycles. The number of likely N-dealkylation sites (tertiary alicyclic amines) is 1. The standard InChI is InChI=1S/C18H18N6O/c1-13-21-8-10-23(13)17-12-20-11-15(22-17)16-3-2-9-24(16)18(25)14-4-6-19-7-5-14/h4-8,10-12,16H,2-3,9H2,1H3. The fraction of sp³-hybridized carbons (Fsp3) is 0.278. The molecule has 1 aliphatic heterocycles. The summed E-state index contributed by atoms with van der Waals surface area (Å²) in [5.74, 6) is 1.58. The summed E-state index contributed by atoms with van der Waals surface area (Å²) in [4.78, 5) is 32.0. The van der Waals surface area contributed by atoms with Crippen LogP contribution in [0.2, 0.25) is 0 Å². The molecule has 0 aromatic carbocycles. The predicted molar refractivity (Wildman–Crippen MR) is 91.1 cm³/mol. The van der Waals surface area contributed by atoms with Gasteiger partial charge in [-0.25, -0.2) is 9.97 Å². The minimum Gasteiger partial charge on any atom is -0.330 e. The third-order valence-electron chi connectivity index (χ3n) is 4.50. The number of pyridine rings is 1. The molecule has 0 bridgehead atoms. The first-order valence-electron chi connectivity index (χ1n) is 8.27. The molecule has 1 aliphatic rings. The van der Waals surface area contributed by atoms with Crippen LogP contribution < -0.4 is 0 Å². The largest absolute Gasteiger partial charge is 0.330 e. The molecule has 1 amide bonds. The number of aryl methyl sites for hydroxylation is 1. The summed E-state index contributed by atoms with van der Waals surface area (Å²) in [6.45, 7) is 2.64. The molecule has 0 aliphatic carbocycles. The molecule has 0 radical (unpaired) electrons. The van der Waals surface area contributed by atoms with Crippen molar-refractivity contribution in [2.45, 2.75) is 25.8 Å². The monoisotopic (exact) mass is 334 g/mol. The lowest BCUT2D eigenvalue weighted by Gasteiger charge is -2.24. The Morgan fingerprint density at radius 1 is 1.16 bits per heavy atom. The fourth-order valence-electron chi connectivity index (χ4n) is 3.24. The number of carbonyl (C=O) groups excluding carboxylic acids is 1. The highest BCUT2D eigenvalue weighted by Crippen LogP contribution is 2.32. The number of imidazole rings is 1. The Morgan fingerprint density at radius 3 is 2.76 bits per heavy atom. The first kappa shape index (κ1) is 15.4. The van der Waals surface area contributed by atoms with Crippen LogP contribution >= 0.6 is 0 Å². The van der Waals surface area contributed by atoms with Crippen LogP contribution in [0.15, 0.2) is 49.3 Å². The number of amides is 1. The van der Waals surface area contributed by atoms with Crippen LogP contribution in [0.25, 0.3) is 5.82 Å². The van der Waals surface area contributed by atoms with Gasteiger partial charge >= 0.3 is 0 Å². The van der Waals surface area contributed by atoms with E-state index in [-0.39, 0.29) is 11.9 Å². The molecule has 0 N–H and O–H groups in total. The van der Waals surface area contributed by atoms with Gasteiger partial charge in [0.25, 0.3) is 5.91 Å². The molecule has 7 heteroatoms. The number of carbonyl (C=O) groups is 1. The van der Waals surface area contributed by atoms with Crippen LogP contribution in [0.3, 0.4) is 0 Å². The van der Waals surface area contributed by atoms with Gasteiger partial charge in [-0.05, 0) is 31.9 Å². The van der Waals surface area contributed by atoms with E-state index >= 15 is 0 Å². The van der Waals surface area contributed by atoms with E-state index in [4.69, 9.17) is 4.98 Å². The van der Waals surface area contributed by atoms with Crippen molar-refractivity contribution in [1.82, 2.24) is 29.4 Å². The van der Waals surface area contributed by atoms with E-state index in [9.17, 15) is 4.79 Å². The quantitative estimate of drug-likeness (QED) is 0.735. The lowest BCUT2D eigenvalue weighted by Crippen LogP contribution is -2.31. The first-order chi connectivity index (χ1) is 12.2. The van der Waals surface area contributed by atoms with E-state index in [1.54, 1.807) is 43.1 Å². The smallest absolute Gasteiger partial charge is 0.254 e. The van der Waals surface area contributed by atoms with Gasteiger partial charge in [0.2, 0.25) is 0 Å².